The summed E-state index contributed by atoms with van der Waals surface area (Å²) < 4.78 is 0. The third-order valence-corrected chi connectivity index (χ3v) is 3.58. The van der Waals surface area contributed by atoms with Crippen LogP contribution in [0, 0.1) is 5.92 Å². The molecule has 17 heavy (non-hydrogen) atoms. The average molecular weight is 274 g/mol. The predicted octanol–water partition coefficient (Wildman–Crippen LogP) is 4.69. The summed E-state index contributed by atoms with van der Waals surface area (Å²) in [6.07, 6.45) is 4.38. The molecule has 0 radical (unpaired) electrons. The van der Waals surface area contributed by atoms with Gasteiger partial charge in [0.1, 0.15) is 0 Å². The van der Waals surface area contributed by atoms with Gasteiger partial charge in [0.15, 0.2) is 0 Å². The fourth-order valence-corrected chi connectivity index (χ4v) is 2.18. The van der Waals surface area contributed by atoms with Crippen molar-refractivity contribution in [3.8, 4) is 0 Å². The molecule has 0 aliphatic rings. The number of hydrogen-bond acceptors (Lipinski definition) is 1. The molecule has 1 aromatic rings. The van der Waals surface area contributed by atoms with Crippen LogP contribution < -0.4 is 5.73 Å². The molecular weight excluding hydrogens is 253 g/mol. The SMILES string of the molecule is CC(C)CCCC(N)Cc1ccc(Cl)c(Cl)c1. The molecule has 0 amide bonds. The molecule has 1 aromatic carbocycles. The zero-order valence-corrected chi connectivity index (χ0v) is 12.1. The standard InChI is InChI=1S/C14H21Cl2N/c1-10(2)4-3-5-12(17)8-11-6-7-13(15)14(16)9-11/h6-7,9-10,12H,3-5,8,17H2,1-2H3. The lowest BCUT2D eigenvalue weighted by molar-refractivity contribution is 0.496. The third kappa shape index (κ3) is 5.76. The Balaban J connectivity index is 2.39. The second-order valence-corrected chi connectivity index (χ2v) is 5.85. The molecule has 0 heterocycles. The maximum absolute atomic E-state index is 6.10. The molecule has 1 unspecified atom stereocenters. The molecule has 2 N–H and O–H groups in total. The molecule has 0 aliphatic carbocycles. The summed E-state index contributed by atoms with van der Waals surface area (Å²) in [6, 6.07) is 5.95. The highest BCUT2D eigenvalue weighted by Crippen LogP contribution is 2.23. The van der Waals surface area contributed by atoms with E-state index >= 15 is 0 Å². The summed E-state index contributed by atoms with van der Waals surface area (Å²) in [7, 11) is 0. The summed E-state index contributed by atoms with van der Waals surface area (Å²) in [6.45, 7) is 4.48. The first-order chi connectivity index (χ1) is 7.99. The van der Waals surface area contributed by atoms with Gasteiger partial charge in [0.25, 0.3) is 0 Å². The molecular formula is C14H21Cl2N. The van der Waals surface area contributed by atoms with E-state index in [0.717, 1.165) is 24.3 Å². The van der Waals surface area contributed by atoms with E-state index in [4.69, 9.17) is 28.9 Å². The lowest BCUT2D eigenvalue weighted by Crippen LogP contribution is -2.22. The molecule has 96 valence electrons. The first kappa shape index (κ1) is 14.8. The van der Waals surface area contributed by atoms with Crippen molar-refractivity contribution in [1.29, 1.82) is 0 Å². The minimum atomic E-state index is 0.214. The smallest absolute Gasteiger partial charge is 0.0595 e. The quantitative estimate of drug-likeness (QED) is 0.800. The summed E-state index contributed by atoms with van der Waals surface area (Å²) in [5.41, 5.74) is 7.27. The van der Waals surface area contributed by atoms with Crippen molar-refractivity contribution in [3.63, 3.8) is 0 Å². The maximum Gasteiger partial charge on any atom is 0.0595 e. The van der Waals surface area contributed by atoms with E-state index in [1.54, 1.807) is 0 Å². The predicted molar refractivity (Wildman–Crippen MR) is 76.8 cm³/mol. The zero-order chi connectivity index (χ0) is 12.8. The minimum absolute atomic E-state index is 0.214. The Morgan fingerprint density at radius 2 is 1.82 bits per heavy atom. The van der Waals surface area contributed by atoms with Crippen LogP contribution >= 0.6 is 23.2 Å². The summed E-state index contributed by atoms with van der Waals surface area (Å²) in [5.74, 6) is 0.757. The van der Waals surface area contributed by atoms with Gasteiger partial charge in [-0.3, -0.25) is 0 Å². The van der Waals surface area contributed by atoms with Gasteiger partial charge in [0.05, 0.1) is 10.0 Å². The summed E-state index contributed by atoms with van der Waals surface area (Å²) >= 11 is 11.8. The van der Waals surface area contributed by atoms with Gasteiger partial charge < -0.3 is 5.73 Å². The number of hydrogen-bond donors (Lipinski definition) is 1. The van der Waals surface area contributed by atoms with Crippen LogP contribution in [-0.4, -0.2) is 6.04 Å². The van der Waals surface area contributed by atoms with Gasteiger partial charge in [-0.25, -0.2) is 0 Å². The van der Waals surface area contributed by atoms with E-state index in [2.05, 4.69) is 13.8 Å². The van der Waals surface area contributed by atoms with Gasteiger partial charge in [0, 0.05) is 6.04 Å². The van der Waals surface area contributed by atoms with E-state index in [-0.39, 0.29) is 6.04 Å². The largest absolute Gasteiger partial charge is 0.327 e. The van der Waals surface area contributed by atoms with Crippen LogP contribution in [0.15, 0.2) is 18.2 Å². The lowest BCUT2D eigenvalue weighted by atomic mass is 9.99. The second kappa shape index (κ2) is 7.25. The highest BCUT2D eigenvalue weighted by atomic mass is 35.5. The van der Waals surface area contributed by atoms with Crippen molar-refractivity contribution in [2.24, 2.45) is 11.7 Å². The molecule has 1 atom stereocenters. The first-order valence-electron chi connectivity index (χ1n) is 6.18. The number of halogens is 2. The van der Waals surface area contributed by atoms with Crippen LogP contribution in [0.2, 0.25) is 10.0 Å². The minimum Gasteiger partial charge on any atom is -0.327 e. The van der Waals surface area contributed by atoms with E-state index < -0.39 is 0 Å². The van der Waals surface area contributed by atoms with Crippen molar-refractivity contribution >= 4 is 23.2 Å². The van der Waals surface area contributed by atoms with Crippen molar-refractivity contribution in [2.75, 3.05) is 0 Å². The molecule has 0 aliphatic heterocycles. The molecule has 1 rings (SSSR count). The van der Waals surface area contributed by atoms with Gasteiger partial charge in [-0.1, -0.05) is 56.0 Å². The Morgan fingerprint density at radius 1 is 1.12 bits per heavy atom. The van der Waals surface area contributed by atoms with Crippen LogP contribution in [0.4, 0.5) is 0 Å². The van der Waals surface area contributed by atoms with Crippen LogP contribution in [0.5, 0.6) is 0 Å². The Hall–Kier alpha value is -0.240. The number of rotatable bonds is 6. The lowest BCUT2D eigenvalue weighted by Gasteiger charge is -2.13. The average Bonchev–Trinajstić information content (AvgIpc) is 2.23. The monoisotopic (exact) mass is 273 g/mol. The number of benzene rings is 1. The van der Waals surface area contributed by atoms with Crippen molar-refractivity contribution in [3.05, 3.63) is 33.8 Å². The fraction of sp³-hybridized carbons (Fsp3) is 0.571. The topological polar surface area (TPSA) is 26.0 Å². The van der Waals surface area contributed by atoms with Crippen LogP contribution in [0.3, 0.4) is 0 Å². The maximum atomic E-state index is 6.10. The second-order valence-electron chi connectivity index (χ2n) is 5.04. The van der Waals surface area contributed by atoms with Crippen LogP contribution in [0.1, 0.15) is 38.7 Å². The highest BCUT2D eigenvalue weighted by Gasteiger charge is 2.06. The number of nitrogens with two attached hydrogens (primary N) is 1. The van der Waals surface area contributed by atoms with Gasteiger partial charge in [-0.15, -0.1) is 0 Å². The van der Waals surface area contributed by atoms with Gasteiger partial charge >= 0.3 is 0 Å². The van der Waals surface area contributed by atoms with Crippen LogP contribution in [-0.2, 0) is 6.42 Å². The molecule has 0 saturated carbocycles. The Kier molecular flexibility index (Phi) is 6.32. The molecule has 0 bridgehead atoms. The molecule has 0 fully saturated rings. The van der Waals surface area contributed by atoms with Crippen molar-refractivity contribution in [1.82, 2.24) is 0 Å². The normalized spacial score (nSPS) is 13.1. The highest BCUT2D eigenvalue weighted by molar-refractivity contribution is 6.42. The first-order valence-corrected chi connectivity index (χ1v) is 6.94. The fourth-order valence-electron chi connectivity index (χ4n) is 1.86. The molecule has 0 spiro atoms. The van der Waals surface area contributed by atoms with Gasteiger partial charge in [-0.2, -0.15) is 0 Å². The molecule has 0 aromatic heterocycles. The zero-order valence-electron chi connectivity index (χ0n) is 10.5. The molecule has 1 nitrogen and oxygen atoms in total. The van der Waals surface area contributed by atoms with E-state index in [0.29, 0.717) is 10.0 Å². The molecule has 3 heteroatoms. The third-order valence-electron chi connectivity index (χ3n) is 2.84. The van der Waals surface area contributed by atoms with E-state index in [1.165, 1.54) is 12.8 Å². The Labute approximate surface area is 114 Å². The van der Waals surface area contributed by atoms with Crippen molar-refractivity contribution < 1.29 is 0 Å². The van der Waals surface area contributed by atoms with Crippen molar-refractivity contribution in [2.45, 2.75) is 45.6 Å². The van der Waals surface area contributed by atoms with Gasteiger partial charge in [-0.05, 0) is 36.5 Å². The summed E-state index contributed by atoms with van der Waals surface area (Å²) in [5, 5.41) is 1.21. The van der Waals surface area contributed by atoms with Crippen LogP contribution in [0.25, 0.3) is 0 Å². The van der Waals surface area contributed by atoms with E-state index in [1.807, 2.05) is 18.2 Å². The summed E-state index contributed by atoms with van der Waals surface area (Å²) in [4.78, 5) is 0. The van der Waals surface area contributed by atoms with E-state index in [9.17, 15) is 0 Å². The molecule has 0 saturated heterocycles. The Bertz CT molecular complexity index is 350. The Morgan fingerprint density at radius 3 is 2.41 bits per heavy atom. The van der Waals surface area contributed by atoms with Gasteiger partial charge in [0.2, 0.25) is 0 Å².